The van der Waals surface area contributed by atoms with E-state index in [-0.39, 0.29) is 19.4 Å². The van der Waals surface area contributed by atoms with Crippen LogP contribution in [-0.2, 0) is 19.0 Å². The second-order valence-corrected chi connectivity index (χ2v) is 4.07. The summed E-state index contributed by atoms with van der Waals surface area (Å²) in [5.41, 5.74) is -1.41. The van der Waals surface area contributed by atoms with E-state index >= 15 is 0 Å². The highest BCUT2D eigenvalue weighted by molar-refractivity contribution is 5.86. The standard InChI is InChI=1S/C11H17NO6/c1-4-5-18-9(15)12-10(8(13)14)6-11(7-10,16-2)17-3/h4H,1,5-7H2,2-3H3,(H,12,15)(H,13,14). The molecule has 0 atom stereocenters. The SMILES string of the molecule is C=CCOC(=O)NC1(C(=O)O)CC(OC)(OC)C1. The number of methoxy groups -OCH3 is 2. The molecular formula is C11H17NO6. The number of nitrogens with one attached hydrogen (secondary N) is 1. The third kappa shape index (κ3) is 2.62. The molecule has 102 valence electrons. The van der Waals surface area contributed by atoms with Gasteiger partial charge in [-0.05, 0) is 0 Å². The Labute approximate surface area is 105 Å². The normalized spacial score (nSPS) is 19.4. The van der Waals surface area contributed by atoms with Crippen LogP contribution in [0, 0.1) is 0 Å². The minimum Gasteiger partial charge on any atom is -0.479 e. The Balaban J connectivity index is 2.66. The average molecular weight is 259 g/mol. The summed E-state index contributed by atoms with van der Waals surface area (Å²) in [6.45, 7) is 3.40. The molecule has 0 radical (unpaired) electrons. The number of aliphatic carboxylic acids is 1. The first-order valence-corrected chi connectivity index (χ1v) is 5.33. The van der Waals surface area contributed by atoms with E-state index in [1.807, 2.05) is 0 Å². The summed E-state index contributed by atoms with van der Waals surface area (Å²) in [5, 5.41) is 11.5. The molecule has 0 aromatic heterocycles. The van der Waals surface area contributed by atoms with Gasteiger partial charge in [-0.2, -0.15) is 0 Å². The molecule has 1 rings (SSSR count). The smallest absolute Gasteiger partial charge is 0.408 e. The van der Waals surface area contributed by atoms with E-state index in [4.69, 9.17) is 14.2 Å². The summed E-state index contributed by atoms with van der Waals surface area (Å²) in [4.78, 5) is 22.6. The fourth-order valence-electron chi connectivity index (χ4n) is 1.90. The van der Waals surface area contributed by atoms with Crippen LogP contribution in [0.1, 0.15) is 12.8 Å². The lowest BCUT2D eigenvalue weighted by atomic mass is 9.71. The second-order valence-electron chi connectivity index (χ2n) is 4.07. The van der Waals surface area contributed by atoms with Gasteiger partial charge in [-0.1, -0.05) is 12.7 Å². The molecule has 0 saturated heterocycles. The molecule has 1 aliphatic rings. The summed E-state index contributed by atoms with van der Waals surface area (Å²) >= 11 is 0. The molecule has 0 unspecified atom stereocenters. The quantitative estimate of drug-likeness (QED) is 0.533. The molecule has 0 aromatic carbocycles. The van der Waals surface area contributed by atoms with Crippen LogP contribution in [-0.4, -0.2) is 49.3 Å². The summed E-state index contributed by atoms with van der Waals surface area (Å²) in [6, 6.07) is 0. The van der Waals surface area contributed by atoms with Gasteiger partial charge in [-0.3, -0.25) is 0 Å². The highest BCUT2D eigenvalue weighted by Crippen LogP contribution is 2.44. The highest BCUT2D eigenvalue weighted by Gasteiger charge is 2.62. The van der Waals surface area contributed by atoms with E-state index in [9.17, 15) is 14.7 Å². The lowest BCUT2D eigenvalue weighted by molar-refractivity contribution is -0.278. The fraction of sp³-hybridized carbons (Fsp3) is 0.636. The Morgan fingerprint density at radius 2 is 1.94 bits per heavy atom. The van der Waals surface area contributed by atoms with Crippen molar-refractivity contribution in [2.75, 3.05) is 20.8 Å². The number of carboxylic acid groups (broad SMARTS) is 1. The third-order valence-electron chi connectivity index (χ3n) is 2.97. The van der Waals surface area contributed by atoms with Crippen LogP contribution >= 0.6 is 0 Å². The maximum atomic E-state index is 11.4. The molecule has 1 saturated carbocycles. The van der Waals surface area contributed by atoms with Crippen molar-refractivity contribution >= 4 is 12.1 Å². The van der Waals surface area contributed by atoms with E-state index < -0.39 is 23.4 Å². The molecule has 0 heterocycles. The van der Waals surface area contributed by atoms with Crippen molar-refractivity contribution in [3.05, 3.63) is 12.7 Å². The van der Waals surface area contributed by atoms with Gasteiger partial charge < -0.3 is 24.6 Å². The van der Waals surface area contributed by atoms with Crippen molar-refractivity contribution < 1.29 is 28.9 Å². The topological polar surface area (TPSA) is 94.1 Å². The van der Waals surface area contributed by atoms with Crippen LogP contribution in [0.15, 0.2) is 12.7 Å². The average Bonchev–Trinajstić information content (AvgIpc) is 2.30. The minimum atomic E-state index is -1.41. The van der Waals surface area contributed by atoms with Crippen molar-refractivity contribution in [2.24, 2.45) is 0 Å². The maximum absolute atomic E-state index is 11.4. The Hall–Kier alpha value is -1.60. The molecule has 1 fully saturated rings. The van der Waals surface area contributed by atoms with Crippen molar-refractivity contribution in [2.45, 2.75) is 24.2 Å². The fourth-order valence-corrected chi connectivity index (χ4v) is 1.90. The highest BCUT2D eigenvalue weighted by atomic mass is 16.7. The number of carboxylic acids is 1. The molecule has 0 aliphatic heterocycles. The van der Waals surface area contributed by atoms with Gasteiger partial charge in [0.1, 0.15) is 6.61 Å². The second kappa shape index (κ2) is 5.36. The number of amides is 1. The van der Waals surface area contributed by atoms with E-state index in [2.05, 4.69) is 11.9 Å². The zero-order valence-electron chi connectivity index (χ0n) is 10.4. The molecule has 7 heteroatoms. The van der Waals surface area contributed by atoms with Gasteiger partial charge in [0.2, 0.25) is 0 Å². The third-order valence-corrected chi connectivity index (χ3v) is 2.97. The van der Waals surface area contributed by atoms with Gasteiger partial charge in [-0.25, -0.2) is 9.59 Å². The number of hydrogen-bond acceptors (Lipinski definition) is 5. The Kier molecular flexibility index (Phi) is 4.31. The van der Waals surface area contributed by atoms with Crippen molar-refractivity contribution in [3.8, 4) is 0 Å². The summed E-state index contributed by atoms with van der Waals surface area (Å²) < 4.78 is 14.9. The van der Waals surface area contributed by atoms with E-state index in [1.165, 1.54) is 20.3 Å². The van der Waals surface area contributed by atoms with Crippen LogP contribution in [0.3, 0.4) is 0 Å². The maximum Gasteiger partial charge on any atom is 0.408 e. The zero-order chi connectivity index (χ0) is 13.8. The molecule has 0 bridgehead atoms. The van der Waals surface area contributed by atoms with Crippen LogP contribution in [0.25, 0.3) is 0 Å². The Morgan fingerprint density at radius 1 is 1.39 bits per heavy atom. The number of rotatable bonds is 6. The van der Waals surface area contributed by atoms with Gasteiger partial charge in [0.15, 0.2) is 11.3 Å². The predicted molar refractivity (Wildman–Crippen MR) is 61.0 cm³/mol. The summed E-state index contributed by atoms with van der Waals surface area (Å²) in [6.07, 6.45) is 0.623. The minimum absolute atomic E-state index is 0.0151. The lowest BCUT2D eigenvalue weighted by Crippen LogP contribution is -2.70. The van der Waals surface area contributed by atoms with Gasteiger partial charge >= 0.3 is 12.1 Å². The van der Waals surface area contributed by atoms with E-state index in [1.54, 1.807) is 0 Å². The molecule has 1 aliphatic carbocycles. The van der Waals surface area contributed by atoms with E-state index in [0.29, 0.717) is 0 Å². The zero-order valence-corrected chi connectivity index (χ0v) is 10.4. The van der Waals surface area contributed by atoms with Gasteiger partial charge in [-0.15, -0.1) is 0 Å². The molecule has 18 heavy (non-hydrogen) atoms. The Bertz CT molecular complexity index is 341. The monoisotopic (exact) mass is 259 g/mol. The van der Waals surface area contributed by atoms with E-state index in [0.717, 1.165) is 0 Å². The number of ether oxygens (including phenoxy) is 3. The predicted octanol–water partition coefficient (Wildman–Crippen LogP) is 0.505. The molecule has 2 N–H and O–H groups in total. The number of carbonyl (C=O) groups is 2. The molecule has 7 nitrogen and oxygen atoms in total. The Morgan fingerprint density at radius 3 is 2.33 bits per heavy atom. The summed E-state index contributed by atoms with van der Waals surface area (Å²) in [5.74, 6) is -2.12. The van der Waals surface area contributed by atoms with Gasteiger partial charge in [0, 0.05) is 27.1 Å². The van der Waals surface area contributed by atoms with Gasteiger partial charge in [0.05, 0.1) is 0 Å². The van der Waals surface area contributed by atoms with Crippen molar-refractivity contribution in [1.29, 1.82) is 0 Å². The lowest BCUT2D eigenvalue weighted by Gasteiger charge is -2.50. The van der Waals surface area contributed by atoms with Crippen LogP contribution in [0.5, 0.6) is 0 Å². The summed E-state index contributed by atoms with van der Waals surface area (Å²) in [7, 11) is 2.84. The van der Waals surface area contributed by atoms with Crippen LogP contribution in [0.4, 0.5) is 4.79 Å². The van der Waals surface area contributed by atoms with Crippen molar-refractivity contribution in [1.82, 2.24) is 5.32 Å². The van der Waals surface area contributed by atoms with Gasteiger partial charge in [0.25, 0.3) is 0 Å². The molecule has 0 spiro atoms. The number of carbonyl (C=O) groups excluding carboxylic acids is 1. The van der Waals surface area contributed by atoms with Crippen molar-refractivity contribution in [3.63, 3.8) is 0 Å². The molecule has 1 amide bonds. The first-order valence-electron chi connectivity index (χ1n) is 5.33. The van der Waals surface area contributed by atoms with Crippen LogP contribution < -0.4 is 5.32 Å². The molecule has 0 aromatic rings. The number of alkyl carbamates (subject to hydrolysis) is 1. The largest absolute Gasteiger partial charge is 0.479 e. The van der Waals surface area contributed by atoms with Crippen LogP contribution in [0.2, 0.25) is 0 Å². The number of hydrogen-bond donors (Lipinski definition) is 2. The molecular weight excluding hydrogens is 242 g/mol. The first kappa shape index (κ1) is 14.5. The first-order chi connectivity index (χ1) is 8.43.